The Morgan fingerprint density at radius 2 is 2.25 bits per heavy atom. The minimum atomic E-state index is -0.474. The van der Waals surface area contributed by atoms with Crippen LogP contribution in [0.1, 0.15) is 48.0 Å². The van der Waals surface area contributed by atoms with Crippen LogP contribution in [0.3, 0.4) is 0 Å². The van der Waals surface area contributed by atoms with E-state index in [2.05, 4.69) is 18.8 Å². The molecule has 0 saturated heterocycles. The molecular weight excluding hydrogens is 331 g/mol. The molecule has 3 rings (SSSR count). The van der Waals surface area contributed by atoms with Crippen LogP contribution in [0.4, 0.5) is 4.39 Å². The average molecular weight is 351 g/mol. The van der Waals surface area contributed by atoms with Crippen LogP contribution >= 0.6 is 11.6 Å². The molecule has 0 fully saturated rings. The van der Waals surface area contributed by atoms with Crippen molar-refractivity contribution in [2.75, 3.05) is 6.54 Å². The summed E-state index contributed by atoms with van der Waals surface area (Å²) in [4.78, 5) is 18.8. The van der Waals surface area contributed by atoms with Crippen molar-refractivity contribution in [1.82, 2.24) is 9.88 Å². The van der Waals surface area contributed by atoms with Crippen LogP contribution in [0.15, 0.2) is 22.6 Å². The lowest BCUT2D eigenvalue weighted by Gasteiger charge is -2.25. The van der Waals surface area contributed by atoms with Gasteiger partial charge in [-0.2, -0.15) is 0 Å². The van der Waals surface area contributed by atoms with Gasteiger partial charge in [-0.05, 0) is 30.5 Å². The highest BCUT2D eigenvalue weighted by molar-refractivity contribution is 6.33. The first-order valence-electron chi connectivity index (χ1n) is 8.16. The number of hydrogen-bond donors (Lipinski definition) is 0. The second kappa shape index (κ2) is 6.93. The molecule has 6 heteroatoms. The van der Waals surface area contributed by atoms with Gasteiger partial charge in [0.2, 0.25) is 0 Å². The summed E-state index contributed by atoms with van der Waals surface area (Å²) in [6.45, 7) is 5.20. The van der Waals surface area contributed by atoms with Crippen LogP contribution in [0.5, 0.6) is 0 Å². The SMILES string of the molecule is CC(C)CCc1nc2c(o1)CCN(C(=O)c1cc(F)ccc1Cl)C2. The molecule has 0 atom stereocenters. The van der Waals surface area contributed by atoms with Crippen LogP contribution in [-0.4, -0.2) is 22.3 Å². The van der Waals surface area contributed by atoms with Crippen molar-refractivity contribution in [2.45, 2.75) is 39.7 Å². The maximum absolute atomic E-state index is 13.4. The van der Waals surface area contributed by atoms with Gasteiger partial charge in [0.1, 0.15) is 17.3 Å². The van der Waals surface area contributed by atoms with Crippen molar-refractivity contribution >= 4 is 17.5 Å². The number of carbonyl (C=O) groups excluding carboxylic acids is 1. The summed E-state index contributed by atoms with van der Waals surface area (Å²) >= 11 is 6.04. The molecule has 0 saturated carbocycles. The number of carbonyl (C=O) groups is 1. The van der Waals surface area contributed by atoms with Crippen molar-refractivity contribution in [3.63, 3.8) is 0 Å². The summed E-state index contributed by atoms with van der Waals surface area (Å²) in [5.74, 6) is 1.41. The van der Waals surface area contributed by atoms with Crippen LogP contribution in [-0.2, 0) is 19.4 Å². The summed E-state index contributed by atoms with van der Waals surface area (Å²) in [7, 11) is 0. The van der Waals surface area contributed by atoms with E-state index in [0.717, 1.165) is 30.2 Å². The molecule has 128 valence electrons. The molecule has 2 aromatic rings. The third kappa shape index (κ3) is 3.61. The van der Waals surface area contributed by atoms with Crippen molar-refractivity contribution in [3.05, 3.63) is 51.9 Å². The van der Waals surface area contributed by atoms with Crippen LogP contribution in [0, 0.1) is 11.7 Å². The molecule has 0 N–H and O–H groups in total. The summed E-state index contributed by atoms with van der Waals surface area (Å²) < 4.78 is 19.2. The first-order valence-corrected chi connectivity index (χ1v) is 8.53. The van der Waals surface area contributed by atoms with Gasteiger partial charge in [-0.3, -0.25) is 4.79 Å². The molecule has 0 bridgehead atoms. The predicted molar refractivity (Wildman–Crippen MR) is 89.5 cm³/mol. The lowest BCUT2D eigenvalue weighted by Crippen LogP contribution is -2.36. The number of nitrogens with zero attached hydrogens (tertiary/aromatic N) is 2. The monoisotopic (exact) mass is 350 g/mol. The second-order valence-corrected chi connectivity index (χ2v) is 6.92. The highest BCUT2D eigenvalue weighted by Gasteiger charge is 2.27. The fraction of sp³-hybridized carbons (Fsp3) is 0.444. The minimum absolute atomic E-state index is 0.184. The molecular formula is C18H20ClFN2O2. The first kappa shape index (κ1) is 17.0. The molecule has 1 amide bonds. The van der Waals surface area contributed by atoms with E-state index < -0.39 is 5.82 Å². The Bertz CT molecular complexity index is 757. The van der Waals surface area contributed by atoms with E-state index in [9.17, 15) is 9.18 Å². The number of aromatic nitrogens is 1. The summed E-state index contributed by atoms with van der Waals surface area (Å²) in [5.41, 5.74) is 0.976. The third-order valence-electron chi connectivity index (χ3n) is 4.15. The molecule has 1 aliphatic rings. The molecule has 1 aromatic carbocycles. The van der Waals surface area contributed by atoms with Gasteiger partial charge in [-0.15, -0.1) is 0 Å². The van der Waals surface area contributed by atoms with E-state index in [1.807, 2.05) is 0 Å². The highest BCUT2D eigenvalue weighted by Crippen LogP contribution is 2.25. The number of hydrogen-bond acceptors (Lipinski definition) is 3. The lowest BCUT2D eigenvalue weighted by atomic mass is 10.1. The first-order chi connectivity index (χ1) is 11.4. The maximum atomic E-state index is 13.4. The van der Waals surface area contributed by atoms with Crippen LogP contribution in [0.2, 0.25) is 5.02 Å². The number of amides is 1. The molecule has 4 nitrogen and oxygen atoms in total. The van der Waals surface area contributed by atoms with E-state index in [-0.39, 0.29) is 16.5 Å². The quantitative estimate of drug-likeness (QED) is 0.828. The van der Waals surface area contributed by atoms with E-state index in [1.165, 1.54) is 18.2 Å². The zero-order valence-corrected chi connectivity index (χ0v) is 14.6. The smallest absolute Gasteiger partial charge is 0.255 e. The second-order valence-electron chi connectivity index (χ2n) is 6.51. The van der Waals surface area contributed by atoms with Crippen LogP contribution in [0.25, 0.3) is 0 Å². The molecule has 1 aliphatic heterocycles. The fourth-order valence-electron chi connectivity index (χ4n) is 2.78. The topological polar surface area (TPSA) is 46.3 Å². The summed E-state index contributed by atoms with van der Waals surface area (Å²) in [6, 6.07) is 3.82. The number of fused-ring (bicyclic) bond motifs is 1. The van der Waals surface area contributed by atoms with Crippen molar-refractivity contribution in [2.24, 2.45) is 5.92 Å². The maximum Gasteiger partial charge on any atom is 0.255 e. The van der Waals surface area contributed by atoms with E-state index >= 15 is 0 Å². The summed E-state index contributed by atoms with van der Waals surface area (Å²) in [5, 5.41) is 0.255. The van der Waals surface area contributed by atoms with Crippen molar-refractivity contribution in [1.29, 1.82) is 0 Å². The van der Waals surface area contributed by atoms with Gasteiger partial charge in [-0.25, -0.2) is 9.37 Å². The normalized spacial score (nSPS) is 14.1. The molecule has 1 aromatic heterocycles. The van der Waals surface area contributed by atoms with Gasteiger partial charge >= 0.3 is 0 Å². The van der Waals surface area contributed by atoms with Gasteiger partial charge in [0.25, 0.3) is 5.91 Å². The van der Waals surface area contributed by atoms with Crippen LogP contribution < -0.4 is 0 Å². The van der Waals surface area contributed by atoms with Gasteiger partial charge in [-0.1, -0.05) is 25.4 Å². The number of oxazole rings is 1. The lowest BCUT2D eigenvalue weighted by molar-refractivity contribution is 0.0727. The summed E-state index contributed by atoms with van der Waals surface area (Å²) in [6.07, 6.45) is 2.43. The Labute approximate surface area is 145 Å². The van der Waals surface area contributed by atoms with E-state index in [0.29, 0.717) is 25.4 Å². The predicted octanol–water partition coefficient (Wildman–Crippen LogP) is 4.25. The molecule has 0 spiro atoms. The van der Waals surface area contributed by atoms with Crippen molar-refractivity contribution < 1.29 is 13.6 Å². The van der Waals surface area contributed by atoms with Gasteiger partial charge in [0.15, 0.2) is 5.89 Å². The Morgan fingerprint density at radius 1 is 1.46 bits per heavy atom. The van der Waals surface area contributed by atoms with E-state index in [1.54, 1.807) is 4.90 Å². The number of aryl methyl sites for hydroxylation is 1. The third-order valence-corrected chi connectivity index (χ3v) is 4.48. The van der Waals surface area contributed by atoms with Gasteiger partial charge in [0.05, 0.1) is 17.1 Å². The minimum Gasteiger partial charge on any atom is -0.445 e. The fourth-order valence-corrected chi connectivity index (χ4v) is 2.97. The number of halogens is 2. The molecule has 0 unspecified atom stereocenters. The number of rotatable bonds is 4. The molecule has 2 heterocycles. The zero-order valence-electron chi connectivity index (χ0n) is 13.8. The van der Waals surface area contributed by atoms with Gasteiger partial charge in [0, 0.05) is 19.4 Å². The molecule has 24 heavy (non-hydrogen) atoms. The Hall–Kier alpha value is -1.88. The standard InChI is InChI=1S/C18H20ClFN2O2/c1-11(2)3-6-17-21-15-10-22(8-7-16(15)24-17)18(23)13-9-12(20)4-5-14(13)19/h4-5,9,11H,3,6-8,10H2,1-2H3. The average Bonchev–Trinajstić information content (AvgIpc) is 2.96. The molecule has 0 radical (unpaired) electrons. The Balaban J connectivity index is 1.74. The largest absolute Gasteiger partial charge is 0.445 e. The zero-order chi connectivity index (χ0) is 17.3. The Kier molecular flexibility index (Phi) is 4.90. The highest BCUT2D eigenvalue weighted by atomic mass is 35.5. The van der Waals surface area contributed by atoms with Crippen molar-refractivity contribution in [3.8, 4) is 0 Å². The van der Waals surface area contributed by atoms with E-state index in [4.69, 9.17) is 16.0 Å². The molecule has 0 aliphatic carbocycles. The Morgan fingerprint density at radius 3 is 3.00 bits per heavy atom. The number of benzene rings is 1. The van der Waals surface area contributed by atoms with Gasteiger partial charge < -0.3 is 9.32 Å².